The van der Waals surface area contributed by atoms with Gasteiger partial charge >= 0.3 is 11.9 Å². The largest absolute Gasteiger partial charge is 0.493 e. The smallest absolute Gasteiger partial charge is 0.425 e. The fourth-order valence-corrected chi connectivity index (χ4v) is 3.85. The molecule has 3 N–H and O–H groups in total. The SMILES string of the molecule is COc1ccc(CCn2c3c(c(=O)[nH]c2=O)[C@](Nc2ncccn2)(C(F)(F)F)C(=O)N3)cc1OC. The third-order valence-corrected chi connectivity index (χ3v) is 5.51. The molecule has 1 aliphatic heterocycles. The monoisotopic (exact) mass is 492 g/mol. The highest BCUT2D eigenvalue weighted by Crippen LogP contribution is 2.46. The number of ether oxygens (including phenoxy) is 2. The molecule has 14 heteroatoms. The highest BCUT2D eigenvalue weighted by molar-refractivity contribution is 6.07. The summed E-state index contributed by atoms with van der Waals surface area (Å²) in [5.41, 5.74) is -6.21. The van der Waals surface area contributed by atoms with E-state index in [1.54, 1.807) is 18.2 Å². The van der Waals surface area contributed by atoms with Gasteiger partial charge in [0.05, 0.1) is 14.2 Å². The number of carbonyl (C=O) groups excluding carboxylic acids is 1. The lowest BCUT2D eigenvalue weighted by molar-refractivity contribution is -0.184. The summed E-state index contributed by atoms with van der Waals surface area (Å²) in [7, 11) is 2.90. The molecule has 1 atom stereocenters. The third kappa shape index (κ3) is 3.96. The number of alkyl halides is 3. The van der Waals surface area contributed by atoms with Crippen molar-refractivity contribution in [1.82, 2.24) is 19.5 Å². The maximum absolute atomic E-state index is 14.4. The Labute approximate surface area is 194 Å². The molecule has 0 aliphatic carbocycles. The average Bonchev–Trinajstić information content (AvgIpc) is 3.12. The molecule has 3 heterocycles. The zero-order valence-electron chi connectivity index (χ0n) is 18.4. The number of aromatic nitrogens is 4. The van der Waals surface area contributed by atoms with Gasteiger partial charge in [0.15, 0.2) is 11.5 Å². The van der Waals surface area contributed by atoms with Gasteiger partial charge in [0.2, 0.25) is 5.95 Å². The summed E-state index contributed by atoms with van der Waals surface area (Å²) in [4.78, 5) is 47.2. The minimum atomic E-state index is -5.29. The molecule has 2 aromatic heterocycles. The first-order valence-corrected chi connectivity index (χ1v) is 10.1. The lowest BCUT2D eigenvalue weighted by Crippen LogP contribution is -2.56. The van der Waals surface area contributed by atoms with E-state index in [0.717, 1.165) is 4.57 Å². The number of nitrogens with zero attached hydrogens (tertiary/aromatic N) is 3. The highest BCUT2D eigenvalue weighted by Gasteiger charge is 2.68. The maximum atomic E-state index is 14.4. The van der Waals surface area contributed by atoms with Crippen molar-refractivity contribution in [3.8, 4) is 11.5 Å². The Balaban J connectivity index is 1.80. The molecule has 0 unspecified atom stereocenters. The van der Waals surface area contributed by atoms with Crippen molar-refractivity contribution in [2.45, 2.75) is 24.7 Å². The van der Waals surface area contributed by atoms with Crippen LogP contribution >= 0.6 is 0 Å². The number of aryl methyl sites for hydroxylation is 1. The third-order valence-electron chi connectivity index (χ3n) is 5.51. The second-order valence-electron chi connectivity index (χ2n) is 7.47. The van der Waals surface area contributed by atoms with Crippen LogP contribution in [0.2, 0.25) is 0 Å². The molecule has 0 bridgehead atoms. The number of amides is 1. The fraction of sp³-hybridized carbons (Fsp3) is 0.286. The normalized spacial score (nSPS) is 17.0. The Hall–Kier alpha value is -4.36. The molecule has 0 saturated heterocycles. The van der Waals surface area contributed by atoms with E-state index in [4.69, 9.17) is 9.47 Å². The van der Waals surface area contributed by atoms with E-state index in [9.17, 15) is 27.6 Å². The van der Waals surface area contributed by atoms with Gasteiger partial charge in [-0.3, -0.25) is 19.1 Å². The fourth-order valence-electron chi connectivity index (χ4n) is 3.85. The quantitative estimate of drug-likeness (QED) is 0.450. The Kier molecular flexibility index (Phi) is 5.96. The zero-order chi connectivity index (χ0) is 25.4. The van der Waals surface area contributed by atoms with Gasteiger partial charge in [0, 0.05) is 18.9 Å². The number of methoxy groups -OCH3 is 2. The molecule has 3 aromatic rings. The van der Waals surface area contributed by atoms with Gasteiger partial charge in [-0.25, -0.2) is 14.8 Å². The van der Waals surface area contributed by atoms with Crippen LogP contribution in [0.25, 0.3) is 0 Å². The molecule has 4 rings (SSSR count). The minimum Gasteiger partial charge on any atom is -0.493 e. The van der Waals surface area contributed by atoms with Crippen molar-refractivity contribution in [1.29, 1.82) is 0 Å². The van der Waals surface area contributed by atoms with Gasteiger partial charge in [-0.2, -0.15) is 13.2 Å². The van der Waals surface area contributed by atoms with E-state index in [-0.39, 0.29) is 13.0 Å². The molecule has 35 heavy (non-hydrogen) atoms. The summed E-state index contributed by atoms with van der Waals surface area (Å²) < 4.78 is 54.5. The Morgan fingerprint density at radius 1 is 1.09 bits per heavy atom. The summed E-state index contributed by atoms with van der Waals surface area (Å²) in [6.07, 6.45) is -2.80. The standard InChI is InChI=1S/C21H19F3N6O5/c1-34-12-5-4-11(10-13(12)35-2)6-9-30-15-14(16(31)28-19(30)33)20(17(32)27-15,21(22,23)24)29-18-25-7-3-8-26-18/h3-5,7-8,10H,6,9H2,1-2H3,(H,27,32)(H,25,26,29)(H,28,31,33)/t20-/m1/s1. The van der Waals surface area contributed by atoms with Crippen molar-refractivity contribution in [3.05, 3.63) is 68.6 Å². The van der Waals surface area contributed by atoms with Crippen LogP contribution < -0.4 is 31.4 Å². The van der Waals surface area contributed by atoms with Crippen LogP contribution in [0.4, 0.5) is 24.9 Å². The second-order valence-corrected chi connectivity index (χ2v) is 7.47. The maximum Gasteiger partial charge on any atom is 0.425 e. The molecule has 11 nitrogen and oxygen atoms in total. The van der Waals surface area contributed by atoms with Gasteiger partial charge in [0.25, 0.3) is 17.0 Å². The molecule has 1 aliphatic rings. The van der Waals surface area contributed by atoms with Crippen LogP contribution in [-0.2, 0) is 23.3 Å². The van der Waals surface area contributed by atoms with Gasteiger partial charge in [-0.1, -0.05) is 6.07 Å². The number of hydrogen-bond donors (Lipinski definition) is 3. The predicted octanol–water partition coefficient (Wildman–Crippen LogP) is 1.41. The first kappa shape index (κ1) is 23.8. The van der Waals surface area contributed by atoms with E-state index >= 15 is 0 Å². The first-order chi connectivity index (χ1) is 16.6. The van der Waals surface area contributed by atoms with Crippen molar-refractivity contribution in [3.63, 3.8) is 0 Å². The number of hydrogen-bond acceptors (Lipinski definition) is 8. The molecular formula is C21H19F3N6O5. The molecule has 0 saturated carbocycles. The number of anilines is 2. The molecule has 0 fully saturated rings. The van der Waals surface area contributed by atoms with E-state index < -0.39 is 46.2 Å². The van der Waals surface area contributed by atoms with Gasteiger partial charge < -0.3 is 20.1 Å². The number of H-pyrrole nitrogens is 1. The number of fused-ring (bicyclic) bond motifs is 1. The zero-order valence-corrected chi connectivity index (χ0v) is 18.4. The van der Waals surface area contributed by atoms with E-state index in [1.165, 1.54) is 32.7 Å². The van der Waals surface area contributed by atoms with Crippen LogP contribution in [0.3, 0.4) is 0 Å². The molecule has 0 spiro atoms. The van der Waals surface area contributed by atoms with Crippen LogP contribution in [0.5, 0.6) is 11.5 Å². The lowest BCUT2D eigenvalue weighted by Gasteiger charge is -2.29. The molecular weight excluding hydrogens is 473 g/mol. The Morgan fingerprint density at radius 2 is 1.77 bits per heavy atom. The highest BCUT2D eigenvalue weighted by atomic mass is 19.4. The average molecular weight is 492 g/mol. The van der Waals surface area contributed by atoms with Crippen molar-refractivity contribution >= 4 is 17.7 Å². The summed E-state index contributed by atoms with van der Waals surface area (Å²) in [6, 6.07) is 6.33. The van der Waals surface area contributed by atoms with Gasteiger partial charge in [-0.05, 0) is 30.2 Å². The van der Waals surface area contributed by atoms with Gasteiger partial charge in [0.1, 0.15) is 11.4 Å². The summed E-state index contributed by atoms with van der Waals surface area (Å²) in [5, 5.41) is 4.03. The van der Waals surface area contributed by atoms with Crippen molar-refractivity contribution in [2.75, 3.05) is 24.9 Å². The van der Waals surface area contributed by atoms with Crippen LogP contribution in [0.1, 0.15) is 11.1 Å². The molecule has 1 aromatic carbocycles. The van der Waals surface area contributed by atoms with Crippen molar-refractivity contribution < 1.29 is 27.4 Å². The molecule has 184 valence electrons. The van der Waals surface area contributed by atoms with E-state index in [2.05, 4.69) is 15.3 Å². The Morgan fingerprint density at radius 3 is 2.40 bits per heavy atom. The van der Waals surface area contributed by atoms with Crippen LogP contribution in [0, 0.1) is 0 Å². The Bertz CT molecular complexity index is 1390. The minimum absolute atomic E-state index is 0.156. The number of aromatic amines is 1. The van der Waals surface area contributed by atoms with Gasteiger partial charge in [-0.15, -0.1) is 0 Å². The first-order valence-electron chi connectivity index (χ1n) is 10.1. The number of nitrogens with one attached hydrogen (secondary N) is 3. The summed E-state index contributed by atoms with van der Waals surface area (Å²) >= 11 is 0. The second kappa shape index (κ2) is 8.77. The molecule has 0 radical (unpaired) electrons. The molecule has 1 amide bonds. The van der Waals surface area contributed by atoms with Crippen LogP contribution in [-0.4, -0.2) is 45.8 Å². The van der Waals surface area contributed by atoms with Crippen LogP contribution in [0.15, 0.2) is 46.2 Å². The van der Waals surface area contributed by atoms with E-state index in [1.807, 2.05) is 10.3 Å². The van der Waals surface area contributed by atoms with E-state index in [0.29, 0.717) is 17.1 Å². The number of rotatable bonds is 7. The summed E-state index contributed by atoms with van der Waals surface area (Å²) in [5.74, 6) is -1.81. The summed E-state index contributed by atoms with van der Waals surface area (Å²) in [6.45, 7) is -0.163. The van der Waals surface area contributed by atoms with Crippen molar-refractivity contribution in [2.24, 2.45) is 0 Å². The number of halogens is 3. The number of carbonyl (C=O) groups is 1. The number of benzene rings is 1. The topological polar surface area (TPSA) is 140 Å². The predicted molar refractivity (Wildman–Crippen MR) is 117 cm³/mol. The lowest BCUT2D eigenvalue weighted by atomic mass is 9.92.